The van der Waals surface area contributed by atoms with Gasteiger partial charge in [-0.15, -0.1) is 0 Å². The number of rotatable bonds is 3. The van der Waals surface area contributed by atoms with Crippen molar-refractivity contribution >= 4 is 0 Å². The molecule has 1 N–H and O–H groups in total. The van der Waals surface area contributed by atoms with Crippen LogP contribution in [0.2, 0.25) is 0 Å². The van der Waals surface area contributed by atoms with Gasteiger partial charge in [-0.2, -0.15) is 0 Å². The highest BCUT2D eigenvalue weighted by atomic mass is 15.0. The van der Waals surface area contributed by atoms with Gasteiger partial charge in [0.05, 0.1) is 0 Å². The molecule has 3 rings (SSSR count). The molecule has 0 aromatic carbocycles. The van der Waals surface area contributed by atoms with Crippen molar-refractivity contribution in [2.45, 2.75) is 46.2 Å². The van der Waals surface area contributed by atoms with Crippen LogP contribution in [-0.4, -0.2) is 12.1 Å². The van der Waals surface area contributed by atoms with Gasteiger partial charge in [-0.05, 0) is 30.1 Å². The Bertz CT molecular complexity index is 164. The normalized spacial score (nSPS) is 44.5. The van der Waals surface area contributed by atoms with Gasteiger partial charge in [0, 0.05) is 12.1 Å². The van der Waals surface area contributed by atoms with Crippen molar-refractivity contribution in [1.29, 1.82) is 0 Å². The van der Waals surface area contributed by atoms with E-state index in [4.69, 9.17) is 0 Å². The average molecular weight is 167 g/mol. The van der Waals surface area contributed by atoms with Crippen LogP contribution in [0.5, 0.6) is 0 Å². The molecule has 3 aliphatic carbocycles. The van der Waals surface area contributed by atoms with Crippen molar-refractivity contribution in [3.63, 3.8) is 0 Å². The predicted molar refractivity (Wildman–Crippen MR) is 52.0 cm³/mol. The Kier molecular flexibility index (Phi) is 1.95. The maximum absolute atomic E-state index is 3.66. The van der Waals surface area contributed by atoms with Crippen LogP contribution in [0.4, 0.5) is 0 Å². The van der Waals surface area contributed by atoms with E-state index in [2.05, 4.69) is 33.0 Å². The summed E-state index contributed by atoms with van der Waals surface area (Å²) in [6.45, 7) is 9.25. The van der Waals surface area contributed by atoms with E-state index >= 15 is 0 Å². The molecule has 2 unspecified atom stereocenters. The van der Waals surface area contributed by atoms with E-state index in [-0.39, 0.29) is 0 Å². The van der Waals surface area contributed by atoms with Crippen LogP contribution >= 0.6 is 0 Å². The maximum Gasteiger partial charge on any atom is 0.0132 e. The van der Waals surface area contributed by atoms with Crippen molar-refractivity contribution in [2.24, 2.45) is 23.7 Å². The fourth-order valence-corrected chi connectivity index (χ4v) is 3.12. The molecule has 0 saturated heterocycles. The Morgan fingerprint density at radius 3 is 2.00 bits per heavy atom. The van der Waals surface area contributed by atoms with E-state index < -0.39 is 0 Å². The topological polar surface area (TPSA) is 12.0 Å². The van der Waals surface area contributed by atoms with Gasteiger partial charge in [-0.1, -0.05) is 27.7 Å². The molecule has 0 heterocycles. The van der Waals surface area contributed by atoms with Crippen LogP contribution in [0.1, 0.15) is 34.1 Å². The quantitative estimate of drug-likeness (QED) is 0.680. The summed E-state index contributed by atoms with van der Waals surface area (Å²) in [4.78, 5) is 0. The lowest BCUT2D eigenvalue weighted by Gasteiger charge is -2.67. The van der Waals surface area contributed by atoms with Crippen LogP contribution in [-0.2, 0) is 0 Å². The zero-order valence-electron chi connectivity index (χ0n) is 8.67. The molecule has 3 aliphatic rings. The summed E-state index contributed by atoms with van der Waals surface area (Å²) in [5.41, 5.74) is 0. The summed E-state index contributed by atoms with van der Waals surface area (Å²) in [5.74, 6) is 4.02. The van der Waals surface area contributed by atoms with Crippen LogP contribution in [0.15, 0.2) is 0 Å². The third-order valence-electron chi connectivity index (χ3n) is 3.75. The van der Waals surface area contributed by atoms with Crippen molar-refractivity contribution in [3.05, 3.63) is 0 Å². The molecule has 0 aromatic rings. The molecular weight excluding hydrogens is 146 g/mol. The van der Waals surface area contributed by atoms with Crippen LogP contribution in [0.3, 0.4) is 0 Å². The molecule has 3 saturated carbocycles. The number of nitrogens with one attached hydrogen (secondary N) is 1. The van der Waals surface area contributed by atoms with Gasteiger partial charge in [0.25, 0.3) is 0 Å². The Morgan fingerprint density at radius 2 is 1.67 bits per heavy atom. The molecule has 0 aromatic heterocycles. The van der Waals surface area contributed by atoms with Crippen molar-refractivity contribution in [1.82, 2.24) is 5.32 Å². The molecule has 1 nitrogen and oxygen atoms in total. The lowest BCUT2D eigenvalue weighted by atomic mass is 9.42. The number of hydrogen-bond donors (Lipinski definition) is 1. The largest absolute Gasteiger partial charge is 0.311 e. The average Bonchev–Trinajstić information content (AvgIpc) is 1.76. The second kappa shape index (κ2) is 2.73. The third-order valence-corrected chi connectivity index (χ3v) is 3.75. The minimum absolute atomic E-state index is 0.674. The highest BCUT2D eigenvalue weighted by Gasteiger charge is 2.61. The standard InChI is InChI=1S/C11H21N/c1-6(2)10-8-5-9(10)11(8)12-7(3)4/h6-12H,5H2,1-4H3. The van der Waals surface area contributed by atoms with Crippen LogP contribution < -0.4 is 5.32 Å². The summed E-state index contributed by atoms with van der Waals surface area (Å²) < 4.78 is 0. The summed E-state index contributed by atoms with van der Waals surface area (Å²) in [5, 5.41) is 3.66. The zero-order chi connectivity index (χ0) is 8.88. The summed E-state index contributed by atoms with van der Waals surface area (Å²) in [6.07, 6.45) is 1.51. The molecule has 0 amide bonds. The third kappa shape index (κ3) is 1.02. The first-order valence-electron chi connectivity index (χ1n) is 5.37. The van der Waals surface area contributed by atoms with E-state index in [1.54, 1.807) is 0 Å². The first-order valence-corrected chi connectivity index (χ1v) is 5.37. The minimum atomic E-state index is 0.674. The molecule has 2 bridgehead atoms. The van der Waals surface area contributed by atoms with E-state index in [1.807, 2.05) is 0 Å². The SMILES string of the molecule is CC(C)NC1C2CC1C2C(C)C. The molecule has 0 spiro atoms. The van der Waals surface area contributed by atoms with Crippen molar-refractivity contribution in [3.8, 4) is 0 Å². The Morgan fingerprint density at radius 1 is 1.08 bits per heavy atom. The Labute approximate surface area is 75.9 Å². The predicted octanol–water partition coefficient (Wildman–Crippen LogP) is 2.27. The minimum Gasteiger partial charge on any atom is -0.311 e. The Balaban J connectivity index is 1.81. The van der Waals surface area contributed by atoms with Gasteiger partial charge < -0.3 is 5.32 Å². The van der Waals surface area contributed by atoms with Gasteiger partial charge in [0.1, 0.15) is 0 Å². The van der Waals surface area contributed by atoms with Gasteiger partial charge in [0.2, 0.25) is 0 Å². The lowest BCUT2D eigenvalue weighted by Crippen LogP contribution is -2.71. The highest BCUT2D eigenvalue weighted by Crippen LogP contribution is 2.61. The summed E-state index contributed by atoms with van der Waals surface area (Å²) in [6, 6.07) is 1.56. The first kappa shape index (κ1) is 8.55. The molecule has 70 valence electrons. The zero-order valence-corrected chi connectivity index (χ0v) is 8.67. The molecule has 12 heavy (non-hydrogen) atoms. The first-order chi connectivity index (χ1) is 5.61. The molecule has 1 heteroatoms. The fraction of sp³-hybridized carbons (Fsp3) is 1.00. The van der Waals surface area contributed by atoms with E-state index in [0.717, 1.165) is 29.7 Å². The summed E-state index contributed by atoms with van der Waals surface area (Å²) in [7, 11) is 0. The molecule has 2 atom stereocenters. The van der Waals surface area contributed by atoms with Gasteiger partial charge >= 0.3 is 0 Å². The van der Waals surface area contributed by atoms with Crippen molar-refractivity contribution in [2.75, 3.05) is 0 Å². The smallest absolute Gasteiger partial charge is 0.0132 e. The molecular formula is C11H21N. The lowest BCUT2D eigenvalue weighted by molar-refractivity contribution is -0.151. The van der Waals surface area contributed by atoms with E-state index in [9.17, 15) is 0 Å². The second-order valence-corrected chi connectivity index (χ2v) is 5.23. The fourth-order valence-electron chi connectivity index (χ4n) is 3.12. The Hall–Kier alpha value is -0.0400. The van der Waals surface area contributed by atoms with Gasteiger partial charge in [-0.3, -0.25) is 0 Å². The monoisotopic (exact) mass is 167 g/mol. The van der Waals surface area contributed by atoms with Gasteiger partial charge in [-0.25, -0.2) is 0 Å². The van der Waals surface area contributed by atoms with Gasteiger partial charge in [0.15, 0.2) is 0 Å². The van der Waals surface area contributed by atoms with E-state index in [0.29, 0.717) is 6.04 Å². The molecule has 3 fully saturated rings. The number of hydrogen-bond acceptors (Lipinski definition) is 1. The summed E-state index contributed by atoms with van der Waals surface area (Å²) >= 11 is 0. The van der Waals surface area contributed by atoms with Crippen molar-refractivity contribution < 1.29 is 0 Å². The van der Waals surface area contributed by atoms with Crippen LogP contribution in [0.25, 0.3) is 0 Å². The molecule has 0 aliphatic heterocycles. The second-order valence-electron chi connectivity index (χ2n) is 5.23. The van der Waals surface area contributed by atoms with E-state index in [1.165, 1.54) is 6.42 Å². The molecule has 0 radical (unpaired) electrons. The highest BCUT2D eigenvalue weighted by molar-refractivity contribution is 5.13. The maximum atomic E-state index is 3.66. The van der Waals surface area contributed by atoms with Crippen LogP contribution in [0, 0.1) is 23.7 Å².